The van der Waals surface area contributed by atoms with Gasteiger partial charge in [0.15, 0.2) is 0 Å². The van der Waals surface area contributed by atoms with Crippen LogP contribution in [0.2, 0.25) is 0 Å². The molecule has 156 valence electrons. The van der Waals surface area contributed by atoms with Crippen LogP contribution in [0.15, 0.2) is 78.2 Å². The van der Waals surface area contributed by atoms with Gasteiger partial charge in [-0.05, 0) is 36.4 Å². The van der Waals surface area contributed by atoms with Gasteiger partial charge in [-0.3, -0.25) is 4.79 Å². The van der Waals surface area contributed by atoms with Crippen molar-refractivity contribution >= 4 is 22.9 Å². The molecule has 1 heterocycles. The zero-order chi connectivity index (χ0) is 22.0. The molecule has 31 heavy (non-hydrogen) atoms. The highest BCUT2D eigenvalue weighted by molar-refractivity contribution is 7.13. The van der Waals surface area contributed by atoms with Gasteiger partial charge in [-0.2, -0.15) is 13.2 Å². The second-order valence-electron chi connectivity index (χ2n) is 6.60. The first-order chi connectivity index (χ1) is 14.8. The van der Waals surface area contributed by atoms with Gasteiger partial charge in [0.05, 0.1) is 16.9 Å². The molecule has 0 unspecified atom stereocenters. The maximum Gasteiger partial charge on any atom is 0.416 e. The number of amides is 1. The van der Waals surface area contributed by atoms with Crippen LogP contribution in [0.1, 0.15) is 15.9 Å². The standard InChI is InChI=1S/C23H14F4N2OS/c24-18-10-3-1-8-16(18)22-29-20(13-31-22)17-9-2-4-11-19(17)28-21(30)14-6-5-7-15(12-14)23(25,26)27/h1-13H,(H,28,30). The monoisotopic (exact) mass is 442 g/mol. The Hall–Kier alpha value is -3.52. The van der Waals surface area contributed by atoms with Crippen molar-refractivity contribution in [1.82, 2.24) is 4.98 Å². The summed E-state index contributed by atoms with van der Waals surface area (Å²) in [4.78, 5) is 17.1. The zero-order valence-corrected chi connectivity index (χ0v) is 16.6. The summed E-state index contributed by atoms with van der Waals surface area (Å²) in [6.07, 6.45) is -4.54. The molecule has 1 amide bonds. The van der Waals surface area contributed by atoms with Gasteiger partial charge in [0, 0.05) is 22.1 Å². The Labute approximate surface area is 179 Å². The first-order valence-electron chi connectivity index (χ1n) is 9.11. The molecular formula is C23H14F4N2OS. The third-order valence-electron chi connectivity index (χ3n) is 4.51. The third kappa shape index (κ3) is 4.49. The number of halogens is 4. The summed E-state index contributed by atoms with van der Waals surface area (Å²) in [5, 5.41) is 4.86. The Balaban J connectivity index is 1.63. The molecule has 4 rings (SSSR count). The molecule has 0 bridgehead atoms. The second-order valence-corrected chi connectivity index (χ2v) is 7.45. The number of aromatic nitrogens is 1. The van der Waals surface area contributed by atoms with Crippen molar-refractivity contribution in [3.63, 3.8) is 0 Å². The van der Waals surface area contributed by atoms with Crippen LogP contribution < -0.4 is 5.32 Å². The minimum atomic E-state index is -4.54. The average molecular weight is 442 g/mol. The molecule has 3 aromatic carbocycles. The van der Waals surface area contributed by atoms with Gasteiger partial charge in [-0.25, -0.2) is 9.37 Å². The van der Waals surface area contributed by atoms with E-state index in [4.69, 9.17) is 0 Å². The summed E-state index contributed by atoms with van der Waals surface area (Å²) < 4.78 is 52.9. The summed E-state index contributed by atoms with van der Waals surface area (Å²) in [5.74, 6) is -1.07. The highest BCUT2D eigenvalue weighted by Crippen LogP contribution is 2.34. The lowest BCUT2D eigenvalue weighted by Gasteiger charge is -2.11. The molecule has 0 aliphatic heterocycles. The Morgan fingerprint density at radius 3 is 2.35 bits per heavy atom. The molecular weight excluding hydrogens is 428 g/mol. The number of carbonyl (C=O) groups is 1. The normalized spacial score (nSPS) is 11.4. The van der Waals surface area contributed by atoms with Gasteiger partial charge in [0.25, 0.3) is 5.91 Å². The van der Waals surface area contributed by atoms with E-state index in [1.807, 2.05) is 0 Å². The first-order valence-corrected chi connectivity index (χ1v) is 9.99. The fraction of sp³-hybridized carbons (Fsp3) is 0.0435. The molecule has 0 spiro atoms. The summed E-state index contributed by atoms with van der Waals surface area (Å²) in [7, 11) is 0. The molecule has 0 radical (unpaired) electrons. The molecule has 0 saturated heterocycles. The van der Waals surface area contributed by atoms with Crippen LogP contribution in [0.3, 0.4) is 0 Å². The molecule has 0 saturated carbocycles. The summed E-state index contributed by atoms with van der Waals surface area (Å²) in [6.45, 7) is 0. The van der Waals surface area contributed by atoms with Crippen LogP contribution in [0.4, 0.5) is 23.2 Å². The lowest BCUT2D eigenvalue weighted by Crippen LogP contribution is -2.14. The van der Waals surface area contributed by atoms with E-state index in [-0.39, 0.29) is 5.56 Å². The number of anilines is 1. The van der Waals surface area contributed by atoms with E-state index >= 15 is 0 Å². The van der Waals surface area contributed by atoms with Crippen molar-refractivity contribution in [2.45, 2.75) is 6.18 Å². The fourth-order valence-corrected chi connectivity index (χ4v) is 3.85. The molecule has 0 aliphatic carbocycles. The van der Waals surface area contributed by atoms with Crippen molar-refractivity contribution in [3.05, 3.63) is 95.1 Å². The molecule has 1 N–H and O–H groups in total. The summed E-state index contributed by atoms with van der Waals surface area (Å²) in [6, 6.07) is 17.3. The lowest BCUT2D eigenvalue weighted by molar-refractivity contribution is -0.137. The number of nitrogens with zero attached hydrogens (tertiary/aromatic N) is 1. The van der Waals surface area contributed by atoms with E-state index in [1.165, 1.54) is 29.5 Å². The Morgan fingerprint density at radius 2 is 1.61 bits per heavy atom. The quantitative estimate of drug-likeness (QED) is 0.350. The molecule has 0 atom stereocenters. The maximum atomic E-state index is 14.1. The van der Waals surface area contributed by atoms with E-state index in [0.717, 1.165) is 12.1 Å². The maximum absolute atomic E-state index is 14.1. The number of para-hydroxylation sites is 1. The Bertz CT molecular complexity index is 1250. The van der Waals surface area contributed by atoms with E-state index in [9.17, 15) is 22.4 Å². The van der Waals surface area contributed by atoms with E-state index in [1.54, 1.807) is 47.8 Å². The van der Waals surface area contributed by atoms with Crippen LogP contribution in [0.5, 0.6) is 0 Å². The second kappa shape index (κ2) is 8.31. The largest absolute Gasteiger partial charge is 0.416 e. The number of rotatable bonds is 4. The van der Waals surface area contributed by atoms with Crippen molar-refractivity contribution in [2.24, 2.45) is 0 Å². The van der Waals surface area contributed by atoms with Gasteiger partial charge in [-0.1, -0.05) is 36.4 Å². The first kappa shape index (κ1) is 20.7. The van der Waals surface area contributed by atoms with Crippen molar-refractivity contribution in [1.29, 1.82) is 0 Å². The van der Waals surface area contributed by atoms with E-state index in [2.05, 4.69) is 10.3 Å². The van der Waals surface area contributed by atoms with Crippen molar-refractivity contribution < 1.29 is 22.4 Å². The number of hydrogen-bond donors (Lipinski definition) is 1. The lowest BCUT2D eigenvalue weighted by atomic mass is 10.1. The minimum Gasteiger partial charge on any atom is -0.321 e. The van der Waals surface area contributed by atoms with Gasteiger partial charge >= 0.3 is 6.18 Å². The third-order valence-corrected chi connectivity index (χ3v) is 5.39. The molecule has 0 aliphatic rings. The number of nitrogens with one attached hydrogen (secondary N) is 1. The zero-order valence-electron chi connectivity index (χ0n) is 15.8. The number of benzene rings is 3. The molecule has 0 fully saturated rings. The Morgan fingerprint density at radius 1 is 0.903 bits per heavy atom. The predicted octanol–water partition coefficient (Wildman–Crippen LogP) is 6.89. The van der Waals surface area contributed by atoms with Crippen LogP contribution >= 0.6 is 11.3 Å². The highest BCUT2D eigenvalue weighted by Gasteiger charge is 2.31. The molecule has 1 aromatic heterocycles. The van der Waals surface area contributed by atoms with Gasteiger partial charge in [-0.15, -0.1) is 11.3 Å². The van der Waals surface area contributed by atoms with Gasteiger partial charge in [0.1, 0.15) is 10.8 Å². The van der Waals surface area contributed by atoms with Crippen LogP contribution in [0.25, 0.3) is 21.8 Å². The number of thiazole rings is 1. The minimum absolute atomic E-state index is 0.116. The van der Waals surface area contributed by atoms with Gasteiger partial charge in [0.2, 0.25) is 0 Å². The summed E-state index contributed by atoms with van der Waals surface area (Å²) >= 11 is 1.25. The van der Waals surface area contributed by atoms with E-state index in [0.29, 0.717) is 27.5 Å². The number of hydrogen-bond acceptors (Lipinski definition) is 3. The van der Waals surface area contributed by atoms with E-state index < -0.39 is 23.5 Å². The average Bonchev–Trinajstić information content (AvgIpc) is 3.24. The molecule has 4 aromatic rings. The predicted molar refractivity (Wildman–Crippen MR) is 112 cm³/mol. The Kier molecular flexibility index (Phi) is 5.56. The fourth-order valence-electron chi connectivity index (χ4n) is 3.00. The number of alkyl halides is 3. The van der Waals surface area contributed by atoms with Gasteiger partial charge < -0.3 is 5.32 Å². The smallest absolute Gasteiger partial charge is 0.321 e. The molecule has 8 heteroatoms. The number of carbonyl (C=O) groups excluding carboxylic acids is 1. The van der Waals surface area contributed by atoms with Crippen molar-refractivity contribution in [3.8, 4) is 21.8 Å². The summed E-state index contributed by atoms with van der Waals surface area (Å²) in [5.41, 5.74) is 0.821. The van der Waals surface area contributed by atoms with Crippen LogP contribution in [-0.4, -0.2) is 10.9 Å². The van der Waals surface area contributed by atoms with Crippen LogP contribution in [0, 0.1) is 5.82 Å². The van der Waals surface area contributed by atoms with Crippen molar-refractivity contribution in [2.75, 3.05) is 5.32 Å². The topological polar surface area (TPSA) is 42.0 Å². The highest BCUT2D eigenvalue weighted by atomic mass is 32.1. The molecule has 3 nitrogen and oxygen atoms in total. The SMILES string of the molecule is O=C(Nc1ccccc1-c1csc(-c2ccccc2F)n1)c1cccc(C(F)(F)F)c1. The van der Waals surface area contributed by atoms with Crippen LogP contribution in [-0.2, 0) is 6.18 Å².